The minimum Gasteiger partial charge on any atom is -0.456 e. The normalized spacial score (nSPS) is 12.8. The largest absolute Gasteiger partial charge is 0.456 e. The molecule has 17 heavy (non-hydrogen) atoms. The summed E-state index contributed by atoms with van der Waals surface area (Å²) in [7, 11) is 0. The van der Waals surface area contributed by atoms with E-state index in [-0.39, 0.29) is 0 Å². The molecular weight excluding hydrogens is 210 g/mol. The van der Waals surface area contributed by atoms with Gasteiger partial charge >= 0.3 is 0 Å². The topological polar surface area (TPSA) is 25.5 Å². The monoisotopic (exact) mass is 223 g/mol. The molecule has 2 nitrogen and oxygen atoms in total. The molecule has 2 heterocycles. The molecule has 84 valence electrons. The first-order chi connectivity index (χ1) is 8.25. The van der Waals surface area contributed by atoms with Crippen LogP contribution in [0.15, 0.2) is 39.4 Å². The zero-order chi connectivity index (χ0) is 11.8. The van der Waals surface area contributed by atoms with Gasteiger partial charge in [0.25, 0.3) is 0 Å². The van der Waals surface area contributed by atoms with Gasteiger partial charge in [-0.15, -0.1) is 0 Å². The molecule has 0 amide bonds. The zero-order valence-corrected chi connectivity index (χ0v) is 9.90. The highest BCUT2D eigenvalue weighted by atomic mass is 16.3. The van der Waals surface area contributed by atoms with Crippen molar-refractivity contribution in [2.24, 2.45) is 4.99 Å². The number of hydrogen-bond acceptors (Lipinski definition) is 2. The summed E-state index contributed by atoms with van der Waals surface area (Å²) in [5.41, 5.74) is 4.37. The molecule has 0 spiro atoms. The fourth-order valence-electron chi connectivity index (χ4n) is 2.10. The molecule has 0 unspecified atom stereocenters. The van der Waals surface area contributed by atoms with Crippen molar-refractivity contribution in [3.63, 3.8) is 0 Å². The summed E-state index contributed by atoms with van der Waals surface area (Å²) in [6, 6.07) is 6.09. The molecule has 0 saturated heterocycles. The Bertz CT molecular complexity index is 668. The minimum absolute atomic E-state index is 0.889. The maximum atomic E-state index is 5.88. The van der Waals surface area contributed by atoms with Gasteiger partial charge in [0, 0.05) is 23.4 Å². The summed E-state index contributed by atoms with van der Waals surface area (Å²) in [6.45, 7) is 4.12. The van der Waals surface area contributed by atoms with E-state index in [4.69, 9.17) is 4.42 Å². The molecule has 1 aliphatic heterocycles. The van der Waals surface area contributed by atoms with Crippen molar-refractivity contribution in [1.82, 2.24) is 0 Å². The summed E-state index contributed by atoms with van der Waals surface area (Å²) in [5.74, 6) is 0.889. The smallest absolute Gasteiger partial charge is 0.136 e. The van der Waals surface area contributed by atoms with Gasteiger partial charge in [-0.2, -0.15) is 0 Å². The van der Waals surface area contributed by atoms with Gasteiger partial charge in [0.1, 0.15) is 11.3 Å². The van der Waals surface area contributed by atoms with E-state index in [2.05, 4.69) is 31.0 Å². The average molecular weight is 223 g/mol. The number of rotatable bonds is 1. The van der Waals surface area contributed by atoms with E-state index >= 15 is 0 Å². The number of allylic oxidation sites excluding steroid dienone is 1. The van der Waals surface area contributed by atoms with Gasteiger partial charge in [-0.3, -0.25) is 4.99 Å². The van der Waals surface area contributed by atoms with Crippen LogP contribution in [-0.2, 0) is 0 Å². The maximum absolute atomic E-state index is 5.88. The lowest BCUT2D eigenvalue weighted by atomic mass is 10.1. The van der Waals surface area contributed by atoms with E-state index in [1.165, 1.54) is 5.57 Å². The molecule has 2 heteroatoms. The highest BCUT2D eigenvalue weighted by molar-refractivity contribution is 6.06. The summed E-state index contributed by atoms with van der Waals surface area (Å²) >= 11 is 0. The van der Waals surface area contributed by atoms with Gasteiger partial charge in [-0.1, -0.05) is 17.7 Å². The number of benzene rings is 1. The SMILES string of the molecule is CC(C)=Cc1oc2cccc3c2c1C=NC=C3. The number of furan rings is 1. The van der Waals surface area contributed by atoms with Crippen molar-refractivity contribution in [2.45, 2.75) is 13.8 Å². The first-order valence-electron chi connectivity index (χ1n) is 5.66. The first kappa shape index (κ1) is 10.1. The van der Waals surface area contributed by atoms with Crippen LogP contribution in [0, 0.1) is 0 Å². The van der Waals surface area contributed by atoms with Crippen LogP contribution in [0.4, 0.5) is 0 Å². The van der Waals surface area contributed by atoms with Crippen LogP contribution < -0.4 is 0 Å². The zero-order valence-electron chi connectivity index (χ0n) is 9.90. The molecular formula is C15H13NO. The molecule has 3 rings (SSSR count). The van der Waals surface area contributed by atoms with Gasteiger partial charge in [-0.25, -0.2) is 0 Å². The Balaban J connectivity index is 2.41. The molecule has 0 N–H and O–H groups in total. The summed E-state index contributed by atoms with van der Waals surface area (Å²) in [4.78, 5) is 4.26. The van der Waals surface area contributed by atoms with E-state index in [0.29, 0.717) is 0 Å². The van der Waals surface area contributed by atoms with Crippen molar-refractivity contribution in [2.75, 3.05) is 0 Å². The van der Waals surface area contributed by atoms with Gasteiger partial charge in [0.2, 0.25) is 0 Å². The Hall–Kier alpha value is -2.09. The first-order valence-corrected chi connectivity index (χ1v) is 5.66. The van der Waals surface area contributed by atoms with Crippen LogP contribution in [0.5, 0.6) is 0 Å². The molecule has 1 aliphatic rings. The maximum Gasteiger partial charge on any atom is 0.136 e. The third-order valence-electron chi connectivity index (χ3n) is 2.78. The second-order valence-electron chi connectivity index (χ2n) is 4.42. The summed E-state index contributed by atoms with van der Waals surface area (Å²) in [6.07, 6.45) is 7.75. The molecule has 0 saturated carbocycles. The van der Waals surface area contributed by atoms with Crippen LogP contribution in [-0.4, -0.2) is 6.21 Å². The van der Waals surface area contributed by atoms with Gasteiger partial charge in [-0.05, 0) is 37.6 Å². The van der Waals surface area contributed by atoms with Gasteiger partial charge in [0.15, 0.2) is 0 Å². The molecule has 0 fully saturated rings. The van der Waals surface area contributed by atoms with E-state index in [1.54, 1.807) is 0 Å². The quantitative estimate of drug-likeness (QED) is 0.709. The Kier molecular flexibility index (Phi) is 2.22. The van der Waals surface area contributed by atoms with Crippen LogP contribution >= 0.6 is 0 Å². The predicted molar refractivity (Wildman–Crippen MR) is 72.2 cm³/mol. The Labute approximate surface area is 100.0 Å². The van der Waals surface area contributed by atoms with Gasteiger partial charge < -0.3 is 4.42 Å². The molecule has 1 aromatic carbocycles. The average Bonchev–Trinajstić information content (AvgIpc) is 2.49. The summed E-state index contributed by atoms with van der Waals surface area (Å²) in [5, 5.41) is 1.15. The van der Waals surface area contributed by atoms with Crippen LogP contribution in [0.2, 0.25) is 0 Å². The Morgan fingerprint density at radius 2 is 2.18 bits per heavy atom. The Morgan fingerprint density at radius 3 is 3.00 bits per heavy atom. The van der Waals surface area contributed by atoms with E-state index in [0.717, 1.165) is 27.9 Å². The number of aliphatic imine (C=N–C) groups is 1. The van der Waals surface area contributed by atoms with Gasteiger partial charge in [0.05, 0.1) is 0 Å². The number of hydrogen-bond donors (Lipinski definition) is 0. The molecule has 0 bridgehead atoms. The van der Waals surface area contributed by atoms with E-state index < -0.39 is 0 Å². The second kappa shape index (κ2) is 3.74. The van der Waals surface area contributed by atoms with Crippen LogP contribution in [0.25, 0.3) is 23.1 Å². The Morgan fingerprint density at radius 1 is 1.29 bits per heavy atom. The van der Waals surface area contributed by atoms with Crippen molar-refractivity contribution in [1.29, 1.82) is 0 Å². The third-order valence-corrected chi connectivity index (χ3v) is 2.78. The number of nitrogens with zero attached hydrogens (tertiary/aromatic N) is 1. The molecule has 0 aliphatic carbocycles. The highest BCUT2D eigenvalue weighted by Gasteiger charge is 2.14. The third kappa shape index (κ3) is 1.62. The molecule has 2 aromatic rings. The van der Waals surface area contributed by atoms with Crippen molar-refractivity contribution in [3.8, 4) is 0 Å². The summed E-state index contributed by atoms with van der Waals surface area (Å²) < 4.78 is 5.88. The lowest BCUT2D eigenvalue weighted by Gasteiger charge is -1.94. The van der Waals surface area contributed by atoms with Crippen molar-refractivity contribution < 1.29 is 4.42 Å². The lowest BCUT2D eigenvalue weighted by molar-refractivity contribution is 0.603. The second-order valence-corrected chi connectivity index (χ2v) is 4.42. The van der Waals surface area contributed by atoms with Crippen molar-refractivity contribution in [3.05, 3.63) is 46.9 Å². The standard InChI is InChI=1S/C15H13NO/c1-10(2)8-14-12-9-16-7-6-11-4-3-5-13(17-14)15(11)12/h3-9H,1-2H3. The van der Waals surface area contributed by atoms with Crippen LogP contribution in [0.1, 0.15) is 30.7 Å². The van der Waals surface area contributed by atoms with Crippen LogP contribution in [0.3, 0.4) is 0 Å². The molecule has 1 aromatic heterocycles. The predicted octanol–water partition coefficient (Wildman–Crippen LogP) is 4.26. The highest BCUT2D eigenvalue weighted by Crippen LogP contribution is 2.31. The van der Waals surface area contributed by atoms with E-state index in [9.17, 15) is 0 Å². The fourth-order valence-corrected chi connectivity index (χ4v) is 2.10. The fraction of sp³-hybridized carbons (Fsp3) is 0.133. The molecule has 0 atom stereocenters. The lowest BCUT2D eigenvalue weighted by Crippen LogP contribution is -1.82. The van der Waals surface area contributed by atoms with E-state index in [1.807, 2.05) is 30.6 Å². The minimum atomic E-state index is 0.889. The molecule has 0 radical (unpaired) electrons. The van der Waals surface area contributed by atoms with Crippen molar-refractivity contribution >= 4 is 29.3 Å².